The average Bonchev–Trinajstić information content (AvgIpc) is 2.19. The van der Waals surface area contributed by atoms with Crippen molar-refractivity contribution in [3.63, 3.8) is 0 Å². The van der Waals surface area contributed by atoms with Gasteiger partial charge in [-0.15, -0.1) is 4.91 Å². The van der Waals surface area contributed by atoms with Crippen LogP contribution < -0.4 is 5.32 Å². The molecular formula is C9H9N3O3. The van der Waals surface area contributed by atoms with Gasteiger partial charge in [0.1, 0.15) is 11.6 Å². The van der Waals surface area contributed by atoms with Gasteiger partial charge in [-0.05, 0) is 24.2 Å². The van der Waals surface area contributed by atoms with Crippen LogP contribution >= 0.6 is 0 Å². The SMILES string of the molecule is C/C(O)=C(\N=O)C(=O)Nc1ccccn1. The fraction of sp³-hybridized carbons (Fsp3) is 0.111. The Morgan fingerprint density at radius 3 is 2.73 bits per heavy atom. The van der Waals surface area contributed by atoms with E-state index in [2.05, 4.69) is 15.5 Å². The zero-order valence-electron chi connectivity index (χ0n) is 7.97. The van der Waals surface area contributed by atoms with Gasteiger partial charge in [0.15, 0.2) is 0 Å². The molecule has 6 nitrogen and oxygen atoms in total. The van der Waals surface area contributed by atoms with Crippen molar-refractivity contribution < 1.29 is 9.90 Å². The van der Waals surface area contributed by atoms with Crippen LogP contribution in [0.1, 0.15) is 6.92 Å². The largest absolute Gasteiger partial charge is 0.510 e. The first-order valence-corrected chi connectivity index (χ1v) is 4.10. The van der Waals surface area contributed by atoms with Crippen LogP contribution in [0.15, 0.2) is 41.0 Å². The number of carbonyl (C=O) groups excluding carboxylic acids is 1. The summed E-state index contributed by atoms with van der Waals surface area (Å²) in [6.07, 6.45) is 1.49. The number of pyridine rings is 1. The van der Waals surface area contributed by atoms with Crippen molar-refractivity contribution in [1.82, 2.24) is 4.98 Å². The predicted octanol–water partition coefficient (Wildman–Crippen LogP) is 1.58. The number of nitrogens with one attached hydrogen (secondary N) is 1. The Hall–Kier alpha value is -2.24. The molecule has 0 bridgehead atoms. The van der Waals surface area contributed by atoms with E-state index in [1.165, 1.54) is 13.1 Å². The molecule has 6 heteroatoms. The van der Waals surface area contributed by atoms with E-state index in [1.54, 1.807) is 18.2 Å². The van der Waals surface area contributed by atoms with Crippen LogP contribution in [0.2, 0.25) is 0 Å². The molecule has 15 heavy (non-hydrogen) atoms. The molecule has 0 saturated heterocycles. The van der Waals surface area contributed by atoms with E-state index in [1.807, 2.05) is 0 Å². The lowest BCUT2D eigenvalue weighted by molar-refractivity contribution is -0.113. The number of nitroso groups, excluding NO2 is 1. The molecule has 2 N–H and O–H groups in total. The molecule has 0 fully saturated rings. The van der Waals surface area contributed by atoms with Crippen LogP contribution in [-0.2, 0) is 4.79 Å². The molecule has 0 atom stereocenters. The third-order valence-corrected chi connectivity index (χ3v) is 1.56. The number of nitrogens with zero attached hydrogens (tertiary/aromatic N) is 2. The van der Waals surface area contributed by atoms with Gasteiger partial charge in [0, 0.05) is 6.20 Å². The molecule has 0 spiro atoms. The van der Waals surface area contributed by atoms with Crippen LogP contribution in [0, 0.1) is 4.91 Å². The fourth-order valence-electron chi connectivity index (χ4n) is 0.884. The molecule has 0 aliphatic carbocycles. The predicted molar refractivity (Wildman–Crippen MR) is 54.0 cm³/mol. The first-order valence-electron chi connectivity index (χ1n) is 4.10. The second-order valence-corrected chi connectivity index (χ2v) is 2.69. The van der Waals surface area contributed by atoms with Crippen molar-refractivity contribution >= 4 is 11.7 Å². The Balaban J connectivity index is 2.81. The Labute approximate surface area is 85.6 Å². The van der Waals surface area contributed by atoms with Gasteiger partial charge in [0.2, 0.25) is 5.70 Å². The van der Waals surface area contributed by atoms with E-state index < -0.39 is 17.4 Å². The third kappa shape index (κ3) is 2.87. The van der Waals surface area contributed by atoms with Crippen molar-refractivity contribution in [3.8, 4) is 0 Å². The molecule has 0 radical (unpaired) electrons. The van der Waals surface area contributed by atoms with Crippen molar-refractivity contribution in [2.75, 3.05) is 5.32 Å². The van der Waals surface area contributed by atoms with Gasteiger partial charge in [0.05, 0.1) is 0 Å². The summed E-state index contributed by atoms with van der Waals surface area (Å²) in [4.78, 5) is 25.4. The molecule has 1 aromatic rings. The molecule has 0 aliphatic rings. The van der Waals surface area contributed by atoms with Crippen molar-refractivity contribution in [1.29, 1.82) is 0 Å². The molecule has 78 valence electrons. The van der Waals surface area contributed by atoms with Crippen molar-refractivity contribution in [3.05, 3.63) is 40.8 Å². The Kier molecular flexibility index (Phi) is 3.50. The highest BCUT2D eigenvalue weighted by atomic mass is 16.3. The summed E-state index contributed by atoms with van der Waals surface area (Å²) >= 11 is 0. The number of anilines is 1. The van der Waals surface area contributed by atoms with Gasteiger partial charge in [-0.2, -0.15) is 0 Å². The summed E-state index contributed by atoms with van der Waals surface area (Å²) in [5.41, 5.74) is -0.555. The molecule has 1 amide bonds. The molecule has 1 heterocycles. The summed E-state index contributed by atoms with van der Waals surface area (Å²) in [6.45, 7) is 1.20. The van der Waals surface area contributed by atoms with Crippen LogP contribution in [0.4, 0.5) is 5.82 Å². The minimum absolute atomic E-state index is 0.282. The average molecular weight is 207 g/mol. The van der Waals surface area contributed by atoms with E-state index in [4.69, 9.17) is 5.11 Å². The zero-order chi connectivity index (χ0) is 11.3. The second-order valence-electron chi connectivity index (χ2n) is 2.69. The number of hydrogen-bond donors (Lipinski definition) is 2. The summed E-state index contributed by atoms with van der Waals surface area (Å²) in [5, 5.41) is 13.7. The van der Waals surface area contributed by atoms with Gasteiger partial charge in [-0.1, -0.05) is 6.07 Å². The lowest BCUT2D eigenvalue weighted by Gasteiger charge is -2.02. The van der Waals surface area contributed by atoms with Crippen molar-refractivity contribution in [2.45, 2.75) is 6.92 Å². The minimum Gasteiger partial charge on any atom is -0.510 e. The molecule has 1 aromatic heterocycles. The van der Waals surface area contributed by atoms with E-state index in [0.29, 0.717) is 0 Å². The van der Waals surface area contributed by atoms with Crippen molar-refractivity contribution in [2.24, 2.45) is 5.18 Å². The van der Waals surface area contributed by atoms with Crippen LogP contribution in [-0.4, -0.2) is 16.0 Å². The first kappa shape index (κ1) is 10.8. The molecule has 0 aliphatic heterocycles. The third-order valence-electron chi connectivity index (χ3n) is 1.56. The smallest absolute Gasteiger partial charge is 0.282 e. The lowest BCUT2D eigenvalue weighted by Crippen LogP contribution is -2.15. The number of aromatic nitrogens is 1. The summed E-state index contributed by atoms with van der Waals surface area (Å²) in [7, 11) is 0. The monoisotopic (exact) mass is 207 g/mol. The Bertz CT molecular complexity index is 396. The first-order chi connectivity index (χ1) is 7.15. The Morgan fingerprint density at radius 1 is 1.53 bits per heavy atom. The fourth-order valence-corrected chi connectivity index (χ4v) is 0.884. The molecule has 1 rings (SSSR count). The van der Waals surface area contributed by atoms with Gasteiger partial charge >= 0.3 is 0 Å². The highest BCUT2D eigenvalue weighted by Crippen LogP contribution is 2.07. The van der Waals surface area contributed by atoms with Gasteiger partial charge < -0.3 is 10.4 Å². The maximum absolute atomic E-state index is 11.3. The minimum atomic E-state index is -0.788. The number of carbonyl (C=O) groups is 1. The highest BCUT2D eigenvalue weighted by molar-refractivity contribution is 6.03. The molecule has 0 aromatic carbocycles. The quantitative estimate of drug-likeness (QED) is 0.447. The van der Waals surface area contributed by atoms with Gasteiger partial charge in [0.25, 0.3) is 5.91 Å². The highest BCUT2D eigenvalue weighted by Gasteiger charge is 2.14. The number of aliphatic hydroxyl groups excluding tert-OH is 1. The number of rotatable bonds is 3. The van der Waals surface area contributed by atoms with Crippen LogP contribution in [0.5, 0.6) is 0 Å². The van der Waals surface area contributed by atoms with E-state index in [0.717, 1.165) is 0 Å². The topological polar surface area (TPSA) is 91.7 Å². The molecule has 0 saturated carbocycles. The van der Waals surface area contributed by atoms with Gasteiger partial charge in [-0.3, -0.25) is 4.79 Å². The van der Waals surface area contributed by atoms with E-state index in [-0.39, 0.29) is 5.82 Å². The summed E-state index contributed by atoms with van der Waals surface area (Å²) < 4.78 is 0. The summed E-state index contributed by atoms with van der Waals surface area (Å²) in [6, 6.07) is 4.90. The Morgan fingerprint density at radius 2 is 2.27 bits per heavy atom. The zero-order valence-corrected chi connectivity index (χ0v) is 7.97. The summed E-state index contributed by atoms with van der Waals surface area (Å²) in [5.74, 6) is -0.938. The maximum atomic E-state index is 11.3. The van der Waals surface area contributed by atoms with E-state index >= 15 is 0 Å². The van der Waals surface area contributed by atoms with E-state index in [9.17, 15) is 9.70 Å². The standard InChI is InChI=1S/C9H9N3O3/c1-6(13)8(12-15)9(14)11-7-4-2-3-5-10-7/h2-5,13H,1H3,(H,10,11,14)/b8-6+. The molecular weight excluding hydrogens is 198 g/mol. The maximum Gasteiger partial charge on any atom is 0.282 e. The normalized spacial score (nSPS) is 11.5. The second kappa shape index (κ2) is 4.85. The van der Waals surface area contributed by atoms with Crippen LogP contribution in [0.3, 0.4) is 0 Å². The number of amides is 1. The van der Waals surface area contributed by atoms with Gasteiger partial charge in [-0.25, -0.2) is 4.98 Å². The molecule has 0 unspecified atom stereocenters. The van der Waals surface area contributed by atoms with Crippen LogP contribution in [0.25, 0.3) is 0 Å². The lowest BCUT2D eigenvalue weighted by atomic mass is 10.3. The number of aliphatic hydroxyl groups is 1. The number of hydrogen-bond acceptors (Lipinski definition) is 5. The number of allylic oxidation sites excluding steroid dienone is 1.